The monoisotopic (exact) mass is 340 g/mol. The van der Waals surface area contributed by atoms with Crippen LogP contribution in [0.5, 0.6) is 0 Å². The molecule has 0 aromatic carbocycles. The van der Waals surface area contributed by atoms with E-state index in [9.17, 15) is 4.79 Å². The molecule has 0 radical (unpaired) electrons. The van der Waals surface area contributed by atoms with Crippen molar-refractivity contribution >= 4 is 29.1 Å². The van der Waals surface area contributed by atoms with E-state index in [0.717, 1.165) is 32.4 Å². The first kappa shape index (κ1) is 19.4. The number of hydrogen-bond donors (Lipinski definition) is 1. The van der Waals surface area contributed by atoms with Gasteiger partial charge in [-0.2, -0.15) is 5.10 Å². The molecule has 23 heavy (non-hydrogen) atoms. The SMILES string of the molecule is CCCNC(=S)N(CCC)c1nn(CCC)cc1C(=O)OCC. The van der Waals surface area contributed by atoms with Gasteiger partial charge in [-0.25, -0.2) is 4.79 Å². The maximum Gasteiger partial charge on any atom is 0.343 e. The minimum Gasteiger partial charge on any atom is -0.462 e. The molecule has 0 saturated carbocycles. The molecule has 0 unspecified atom stereocenters. The number of aryl methyl sites for hydroxylation is 1. The first-order chi connectivity index (χ1) is 11.1. The van der Waals surface area contributed by atoms with E-state index in [2.05, 4.69) is 31.2 Å². The molecule has 1 aromatic rings. The molecule has 0 aliphatic rings. The Labute approximate surface area is 144 Å². The number of hydrogen-bond acceptors (Lipinski definition) is 4. The molecule has 130 valence electrons. The van der Waals surface area contributed by atoms with E-state index in [4.69, 9.17) is 17.0 Å². The molecule has 0 fully saturated rings. The highest BCUT2D eigenvalue weighted by Gasteiger charge is 2.24. The first-order valence-electron chi connectivity index (χ1n) is 8.38. The minimum atomic E-state index is -0.357. The van der Waals surface area contributed by atoms with Crippen LogP contribution in [0.1, 0.15) is 57.3 Å². The number of carbonyl (C=O) groups excluding carboxylic acids is 1. The van der Waals surface area contributed by atoms with Gasteiger partial charge in [-0.3, -0.25) is 4.68 Å². The van der Waals surface area contributed by atoms with Crippen LogP contribution in [0.2, 0.25) is 0 Å². The molecule has 1 rings (SSSR count). The molecular formula is C16H28N4O2S. The maximum atomic E-state index is 12.3. The molecule has 1 heterocycles. The molecule has 0 saturated heterocycles. The topological polar surface area (TPSA) is 59.4 Å². The van der Waals surface area contributed by atoms with Crippen molar-refractivity contribution in [3.05, 3.63) is 11.8 Å². The lowest BCUT2D eigenvalue weighted by Gasteiger charge is -2.24. The van der Waals surface area contributed by atoms with Gasteiger partial charge in [0.2, 0.25) is 0 Å². The second-order valence-electron chi connectivity index (χ2n) is 5.23. The third-order valence-corrected chi connectivity index (χ3v) is 3.53. The van der Waals surface area contributed by atoms with Crippen LogP contribution in [-0.4, -0.2) is 40.6 Å². The van der Waals surface area contributed by atoms with Crippen LogP contribution < -0.4 is 10.2 Å². The minimum absolute atomic E-state index is 0.337. The van der Waals surface area contributed by atoms with E-state index in [-0.39, 0.29) is 5.97 Å². The molecule has 0 aliphatic heterocycles. The fraction of sp³-hybridized carbons (Fsp3) is 0.688. The standard InChI is InChI=1S/C16H28N4O2S/c1-5-9-17-16(23)20(11-7-3)14-13(15(21)22-8-4)12-19(18-14)10-6-2/h12H,5-11H2,1-4H3,(H,17,23). The van der Waals surface area contributed by atoms with Crippen LogP contribution in [0.3, 0.4) is 0 Å². The van der Waals surface area contributed by atoms with Crippen molar-refractivity contribution in [3.63, 3.8) is 0 Å². The summed E-state index contributed by atoms with van der Waals surface area (Å²) in [5, 5.41) is 8.37. The van der Waals surface area contributed by atoms with Crippen LogP contribution in [0, 0.1) is 0 Å². The normalized spacial score (nSPS) is 10.4. The number of nitrogens with zero attached hydrogens (tertiary/aromatic N) is 3. The van der Waals surface area contributed by atoms with E-state index in [1.165, 1.54) is 0 Å². The van der Waals surface area contributed by atoms with Gasteiger partial charge in [0.25, 0.3) is 0 Å². The fourth-order valence-corrected chi connectivity index (χ4v) is 2.44. The second-order valence-corrected chi connectivity index (χ2v) is 5.62. The van der Waals surface area contributed by atoms with Crippen molar-refractivity contribution in [2.75, 3.05) is 24.6 Å². The Morgan fingerprint density at radius 2 is 2.04 bits per heavy atom. The van der Waals surface area contributed by atoms with Gasteiger partial charge in [0.1, 0.15) is 5.56 Å². The van der Waals surface area contributed by atoms with Gasteiger partial charge >= 0.3 is 5.97 Å². The number of thiocarbonyl (C=S) groups is 1. The second kappa shape index (κ2) is 10.2. The van der Waals surface area contributed by atoms with Crippen LogP contribution >= 0.6 is 12.2 Å². The van der Waals surface area contributed by atoms with Crippen LogP contribution in [0.25, 0.3) is 0 Å². The van der Waals surface area contributed by atoms with Gasteiger partial charge in [-0.15, -0.1) is 0 Å². The van der Waals surface area contributed by atoms with E-state index in [1.54, 1.807) is 17.8 Å². The quantitative estimate of drug-likeness (QED) is 0.551. The average Bonchev–Trinajstić information content (AvgIpc) is 2.94. The van der Waals surface area contributed by atoms with Crippen LogP contribution in [0.15, 0.2) is 6.20 Å². The highest BCUT2D eigenvalue weighted by Crippen LogP contribution is 2.21. The molecular weight excluding hydrogens is 312 g/mol. The lowest BCUT2D eigenvalue weighted by atomic mass is 10.3. The lowest BCUT2D eigenvalue weighted by molar-refractivity contribution is 0.0527. The summed E-state index contributed by atoms with van der Waals surface area (Å²) in [5.41, 5.74) is 0.467. The van der Waals surface area contributed by atoms with Gasteiger partial charge in [0, 0.05) is 25.8 Å². The number of carbonyl (C=O) groups is 1. The zero-order chi connectivity index (χ0) is 17.2. The van der Waals surface area contributed by atoms with Gasteiger partial charge in [-0.05, 0) is 38.4 Å². The first-order valence-corrected chi connectivity index (χ1v) is 8.79. The summed E-state index contributed by atoms with van der Waals surface area (Å²) in [6.07, 6.45) is 4.57. The van der Waals surface area contributed by atoms with Crippen LogP contribution in [0.4, 0.5) is 5.82 Å². The van der Waals surface area contributed by atoms with Crippen molar-refractivity contribution in [3.8, 4) is 0 Å². The third kappa shape index (κ3) is 5.49. The molecule has 7 heteroatoms. The Hall–Kier alpha value is -1.63. The zero-order valence-corrected chi connectivity index (χ0v) is 15.4. The van der Waals surface area contributed by atoms with Gasteiger partial charge in [-0.1, -0.05) is 20.8 Å². The van der Waals surface area contributed by atoms with Gasteiger partial charge in [0.15, 0.2) is 10.9 Å². The fourth-order valence-electron chi connectivity index (χ4n) is 2.16. The maximum absolute atomic E-state index is 12.3. The smallest absolute Gasteiger partial charge is 0.343 e. The van der Waals surface area contributed by atoms with Crippen LogP contribution in [-0.2, 0) is 11.3 Å². The summed E-state index contributed by atoms with van der Waals surface area (Å²) < 4.78 is 6.95. The number of nitrogens with one attached hydrogen (secondary N) is 1. The Morgan fingerprint density at radius 1 is 1.30 bits per heavy atom. The predicted octanol–water partition coefficient (Wildman–Crippen LogP) is 2.97. The highest BCUT2D eigenvalue weighted by atomic mass is 32.1. The third-order valence-electron chi connectivity index (χ3n) is 3.16. The Balaban J connectivity index is 3.16. The Morgan fingerprint density at radius 3 is 2.61 bits per heavy atom. The largest absolute Gasteiger partial charge is 0.462 e. The highest BCUT2D eigenvalue weighted by molar-refractivity contribution is 7.80. The van der Waals surface area contributed by atoms with E-state index < -0.39 is 0 Å². The van der Waals surface area contributed by atoms with Crippen molar-refractivity contribution in [2.45, 2.75) is 53.5 Å². The summed E-state index contributed by atoms with van der Waals surface area (Å²) in [7, 11) is 0. The number of anilines is 1. The van der Waals surface area contributed by atoms with E-state index >= 15 is 0 Å². The van der Waals surface area contributed by atoms with Gasteiger partial charge < -0.3 is 15.0 Å². The molecule has 0 atom stereocenters. The molecule has 1 aromatic heterocycles. The molecule has 0 amide bonds. The number of rotatable bonds is 9. The number of aromatic nitrogens is 2. The zero-order valence-electron chi connectivity index (χ0n) is 14.6. The van der Waals surface area contributed by atoms with Crippen molar-refractivity contribution in [2.24, 2.45) is 0 Å². The predicted molar refractivity (Wildman–Crippen MR) is 97.0 cm³/mol. The summed E-state index contributed by atoms with van der Waals surface area (Å²) >= 11 is 5.49. The van der Waals surface area contributed by atoms with Gasteiger partial charge in [0.05, 0.1) is 6.61 Å². The Bertz CT molecular complexity index is 516. The Kier molecular flexibility index (Phi) is 8.61. The number of esters is 1. The summed E-state index contributed by atoms with van der Waals surface area (Å²) in [4.78, 5) is 14.2. The number of ether oxygens (including phenoxy) is 1. The molecule has 0 bridgehead atoms. The average molecular weight is 340 g/mol. The summed E-state index contributed by atoms with van der Waals surface area (Å²) in [5.74, 6) is 0.219. The van der Waals surface area contributed by atoms with Crippen molar-refractivity contribution in [1.82, 2.24) is 15.1 Å². The molecule has 1 N–H and O–H groups in total. The van der Waals surface area contributed by atoms with E-state index in [1.807, 2.05) is 4.90 Å². The molecule has 0 spiro atoms. The molecule has 6 nitrogen and oxygen atoms in total. The van der Waals surface area contributed by atoms with E-state index in [0.29, 0.717) is 29.6 Å². The summed E-state index contributed by atoms with van der Waals surface area (Å²) in [6, 6.07) is 0. The lowest BCUT2D eigenvalue weighted by Crippen LogP contribution is -2.41. The molecule has 0 aliphatic carbocycles. The van der Waals surface area contributed by atoms with Crippen molar-refractivity contribution in [1.29, 1.82) is 0 Å². The summed E-state index contributed by atoms with van der Waals surface area (Å²) in [6.45, 7) is 10.6. The van der Waals surface area contributed by atoms with Crippen molar-refractivity contribution < 1.29 is 9.53 Å².